The summed E-state index contributed by atoms with van der Waals surface area (Å²) in [4.78, 5) is 0. The molecule has 0 fully saturated rings. The van der Waals surface area contributed by atoms with Gasteiger partial charge in [-0.15, -0.1) is 0 Å². The van der Waals surface area contributed by atoms with Crippen molar-refractivity contribution in [1.82, 2.24) is 0 Å². The first-order valence-electron chi connectivity index (χ1n) is 4.48. The van der Waals surface area contributed by atoms with Crippen LogP contribution in [0.25, 0.3) is 0 Å². The van der Waals surface area contributed by atoms with Crippen molar-refractivity contribution in [3.8, 4) is 0 Å². The molecule has 0 aliphatic carbocycles. The van der Waals surface area contributed by atoms with Crippen LogP contribution in [0.15, 0.2) is 18.2 Å². The molecule has 0 bridgehead atoms. The fourth-order valence-electron chi connectivity index (χ4n) is 1.23. The predicted molar refractivity (Wildman–Crippen MR) is 53.7 cm³/mol. The van der Waals surface area contributed by atoms with Gasteiger partial charge >= 0.3 is 6.18 Å². The Morgan fingerprint density at radius 2 is 1.93 bits per heavy atom. The molecule has 0 radical (unpaired) electrons. The number of hydrogen-bond acceptors (Lipinski definition) is 1. The zero-order valence-corrected chi connectivity index (χ0v) is 8.86. The minimum absolute atomic E-state index is 0.0590. The Morgan fingerprint density at radius 1 is 1.33 bits per heavy atom. The first-order valence-corrected chi connectivity index (χ1v) is 4.85. The van der Waals surface area contributed by atoms with Crippen molar-refractivity contribution in [2.24, 2.45) is 5.73 Å². The van der Waals surface area contributed by atoms with Crippen LogP contribution in [0.1, 0.15) is 30.5 Å². The van der Waals surface area contributed by atoms with E-state index in [0.717, 1.165) is 12.1 Å². The Hall–Kier alpha value is -0.740. The summed E-state index contributed by atoms with van der Waals surface area (Å²) in [7, 11) is 0. The minimum atomic E-state index is -4.38. The second-order valence-corrected chi connectivity index (χ2v) is 3.72. The highest BCUT2D eigenvalue weighted by molar-refractivity contribution is 6.30. The smallest absolute Gasteiger partial charge is 0.324 e. The van der Waals surface area contributed by atoms with E-state index in [4.69, 9.17) is 17.3 Å². The highest BCUT2D eigenvalue weighted by atomic mass is 35.5. The molecular formula is C10H11ClF3N. The third-order valence-corrected chi connectivity index (χ3v) is 2.33. The third kappa shape index (κ3) is 3.11. The van der Waals surface area contributed by atoms with Gasteiger partial charge in [0.2, 0.25) is 0 Å². The van der Waals surface area contributed by atoms with E-state index >= 15 is 0 Å². The zero-order valence-electron chi connectivity index (χ0n) is 8.11. The molecule has 2 N–H and O–H groups in total. The van der Waals surface area contributed by atoms with Gasteiger partial charge in [-0.1, -0.05) is 18.5 Å². The molecule has 5 heteroatoms. The van der Waals surface area contributed by atoms with Crippen LogP contribution in [0, 0.1) is 0 Å². The van der Waals surface area contributed by atoms with Gasteiger partial charge < -0.3 is 5.73 Å². The Balaban J connectivity index is 3.17. The second kappa shape index (κ2) is 4.41. The molecule has 0 aliphatic rings. The molecule has 15 heavy (non-hydrogen) atoms. The molecule has 0 spiro atoms. The van der Waals surface area contributed by atoms with Crippen LogP contribution in [-0.2, 0) is 6.18 Å². The number of alkyl halides is 3. The summed E-state index contributed by atoms with van der Waals surface area (Å²) in [5.74, 6) is 0. The Labute approximate surface area is 91.0 Å². The van der Waals surface area contributed by atoms with Crippen LogP contribution < -0.4 is 5.73 Å². The number of hydrogen-bond donors (Lipinski definition) is 1. The lowest BCUT2D eigenvalue weighted by atomic mass is 10.0. The number of halogens is 4. The van der Waals surface area contributed by atoms with Crippen LogP contribution >= 0.6 is 11.6 Å². The summed E-state index contributed by atoms with van der Waals surface area (Å²) in [6.07, 6.45) is -3.81. The van der Waals surface area contributed by atoms with Gasteiger partial charge in [0.1, 0.15) is 0 Å². The van der Waals surface area contributed by atoms with Gasteiger partial charge in [-0.2, -0.15) is 13.2 Å². The van der Waals surface area contributed by atoms with Crippen LogP contribution in [0.4, 0.5) is 13.2 Å². The number of rotatable bonds is 2. The van der Waals surface area contributed by atoms with Crippen molar-refractivity contribution in [2.75, 3.05) is 0 Å². The molecule has 0 amide bonds. The highest BCUT2D eigenvalue weighted by Crippen LogP contribution is 2.33. The van der Waals surface area contributed by atoms with Gasteiger partial charge in [-0.05, 0) is 30.2 Å². The number of nitrogens with two attached hydrogens (primary N) is 1. The largest absolute Gasteiger partial charge is 0.416 e. The average Bonchev–Trinajstić information content (AvgIpc) is 2.14. The molecule has 0 saturated carbocycles. The maximum absolute atomic E-state index is 12.4. The summed E-state index contributed by atoms with van der Waals surface area (Å²) < 4.78 is 37.2. The lowest BCUT2D eigenvalue weighted by molar-refractivity contribution is -0.137. The first-order chi connectivity index (χ1) is 6.84. The van der Waals surface area contributed by atoms with Crippen LogP contribution in [-0.4, -0.2) is 0 Å². The summed E-state index contributed by atoms with van der Waals surface area (Å²) in [5, 5.41) is 0.0590. The molecule has 0 aromatic heterocycles. The highest BCUT2D eigenvalue weighted by Gasteiger charge is 2.31. The molecule has 0 heterocycles. The topological polar surface area (TPSA) is 26.0 Å². The lowest BCUT2D eigenvalue weighted by Gasteiger charge is -2.13. The summed E-state index contributed by atoms with van der Waals surface area (Å²) in [5.41, 5.74) is 5.31. The van der Waals surface area contributed by atoms with E-state index in [1.54, 1.807) is 6.92 Å². The zero-order chi connectivity index (χ0) is 11.6. The van der Waals surface area contributed by atoms with E-state index in [1.807, 2.05) is 0 Å². The van der Waals surface area contributed by atoms with Gasteiger partial charge in [0.05, 0.1) is 5.56 Å². The van der Waals surface area contributed by atoms with Crippen molar-refractivity contribution in [1.29, 1.82) is 0 Å². The maximum atomic E-state index is 12.4. The van der Waals surface area contributed by atoms with Crippen molar-refractivity contribution >= 4 is 11.6 Å². The van der Waals surface area contributed by atoms with Crippen LogP contribution in [0.5, 0.6) is 0 Å². The van der Waals surface area contributed by atoms with Gasteiger partial charge in [0.15, 0.2) is 0 Å². The number of benzene rings is 1. The van der Waals surface area contributed by atoms with Crippen LogP contribution in [0.3, 0.4) is 0 Å². The molecule has 0 unspecified atom stereocenters. The van der Waals surface area contributed by atoms with Crippen LogP contribution in [0.2, 0.25) is 5.02 Å². The molecule has 1 nitrogen and oxygen atoms in total. The van der Waals surface area contributed by atoms with E-state index in [9.17, 15) is 13.2 Å². The second-order valence-electron chi connectivity index (χ2n) is 3.29. The molecule has 0 saturated heterocycles. The molecule has 84 valence electrons. The molecule has 1 aromatic carbocycles. The third-order valence-electron chi connectivity index (χ3n) is 2.12. The maximum Gasteiger partial charge on any atom is 0.416 e. The fraction of sp³-hybridized carbons (Fsp3) is 0.400. The Morgan fingerprint density at radius 3 is 2.40 bits per heavy atom. The average molecular weight is 238 g/mol. The molecule has 1 rings (SSSR count). The van der Waals surface area contributed by atoms with Gasteiger partial charge in [0, 0.05) is 11.1 Å². The molecule has 0 aliphatic heterocycles. The predicted octanol–water partition coefficient (Wildman–Crippen LogP) is 3.77. The SMILES string of the molecule is CC[C@H](N)c1cc(Cl)cc(C(F)(F)F)c1. The normalized spacial score (nSPS) is 14.0. The first kappa shape index (κ1) is 12.3. The molecule has 1 aromatic rings. The Kier molecular flexibility index (Phi) is 3.62. The fourth-order valence-corrected chi connectivity index (χ4v) is 1.47. The quantitative estimate of drug-likeness (QED) is 0.833. The summed E-state index contributed by atoms with van der Waals surface area (Å²) in [6.45, 7) is 1.80. The Bertz CT molecular complexity index is 349. The molecule has 1 atom stereocenters. The standard InChI is InChI=1S/C10H11ClF3N/c1-2-9(15)6-3-7(10(12,13)14)5-8(11)4-6/h3-5,9H,2,15H2,1H3/t9-/m0/s1. The lowest BCUT2D eigenvalue weighted by Crippen LogP contribution is -2.11. The van der Waals surface area contributed by atoms with E-state index in [1.165, 1.54) is 6.07 Å². The van der Waals surface area contributed by atoms with Crippen molar-refractivity contribution in [3.05, 3.63) is 34.3 Å². The summed E-state index contributed by atoms with van der Waals surface area (Å²) in [6, 6.07) is 2.99. The minimum Gasteiger partial charge on any atom is -0.324 e. The van der Waals surface area contributed by atoms with E-state index in [0.29, 0.717) is 12.0 Å². The van der Waals surface area contributed by atoms with Crippen molar-refractivity contribution < 1.29 is 13.2 Å². The van der Waals surface area contributed by atoms with E-state index < -0.39 is 17.8 Å². The summed E-state index contributed by atoms with van der Waals surface area (Å²) >= 11 is 5.60. The van der Waals surface area contributed by atoms with Gasteiger partial charge in [0.25, 0.3) is 0 Å². The van der Waals surface area contributed by atoms with E-state index in [2.05, 4.69) is 0 Å². The monoisotopic (exact) mass is 237 g/mol. The van der Waals surface area contributed by atoms with Crippen molar-refractivity contribution in [3.63, 3.8) is 0 Å². The molecular weight excluding hydrogens is 227 g/mol. The van der Waals surface area contributed by atoms with Gasteiger partial charge in [-0.3, -0.25) is 0 Å². The van der Waals surface area contributed by atoms with E-state index in [-0.39, 0.29) is 5.02 Å². The van der Waals surface area contributed by atoms with Gasteiger partial charge in [-0.25, -0.2) is 0 Å². The van der Waals surface area contributed by atoms with Crippen molar-refractivity contribution in [2.45, 2.75) is 25.6 Å².